The van der Waals surface area contributed by atoms with Gasteiger partial charge in [-0.25, -0.2) is 0 Å². The first kappa shape index (κ1) is 33.5. The summed E-state index contributed by atoms with van der Waals surface area (Å²) in [5.74, 6) is 0. The normalized spacial score (nSPS) is 12.0. The molecule has 13 rings (SSSR count). The minimum Gasteiger partial charge on any atom is -0.455 e. The molecule has 2 aromatic heterocycles. The summed E-state index contributed by atoms with van der Waals surface area (Å²) in [5, 5.41) is 14.8. The Kier molecular flexibility index (Phi) is 7.24. The molecule has 0 aliphatic rings. The SMILES string of the molecule is c1ccc(-c2c3ccccc3c(-c3cccc4c3oc3ccc(-c5c6ccccc6c(-c6ccc7sc8ccccc8c7c6)c6ccccc56)cc34)c3ccccc23)cc1. The highest BCUT2D eigenvalue weighted by atomic mass is 32.1. The van der Waals surface area contributed by atoms with Crippen molar-refractivity contribution in [2.24, 2.45) is 0 Å². The van der Waals surface area contributed by atoms with Gasteiger partial charge < -0.3 is 4.42 Å². The third kappa shape index (κ3) is 4.86. The Labute approximate surface area is 350 Å². The predicted octanol–water partition coefficient (Wildman–Crippen LogP) is 17.2. The van der Waals surface area contributed by atoms with Crippen LogP contribution in [0.3, 0.4) is 0 Å². The number of thiophene rings is 1. The molecule has 0 atom stereocenters. The maximum Gasteiger partial charge on any atom is 0.143 e. The lowest BCUT2D eigenvalue weighted by molar-refractivity contribution is 0.670. The fraction of sp³-hybridized carbons (Fsp3) is 0. The van der Waals surface area contributed by atoms with E-state index in [0.29, 0.717) is 0 Å². The van der Waals surface area contributed by atoms with Crippen LogP contribution in [0.15, 0.2) is 211 Å². The summed E-state index contributed by atoms with van der Waals surface area (Å²) in [4.78, 5) is 0. The van der Waals surface area contributed by atoms with Crippen LogP contribution in [0, 0.1) is 0 Å². The first-order valence-electron chi connectivity index (χ1n) is 20.6. The lowest BCUT2D eigenvalue weighted by atomic mass is 9.85. The molecular formula is C58H34OS. The molecule has 1 nitrogen and oxygen atoms in total. The van der Waals surface area contributed by atoms with E-state index < -0.39 is 0 Å². The van der Waals surface area contributed by atoms with E-state index in [2.05, 4.69) is 206 Å². The van der Waals surface area contributed by atoms with Gasteiger partial charge in [-0.15, -0.1) is 11.3 Å². The van der Waals surface area contributed by atoms with Crippen molar-refractivity contribution in [1.82, 2.24) is 0 Å². The number of benzene rings is 11. The lowest BCUT2D eigenvalue weighted by Crippen LogP contribution is -1.91. The predicted molar refractivity (Wildman–Crippen MR) is 258 cm³/mol. The quantitative estimate of drug-likeness (QED) is 0.162. The molecule has 0 saturated carbocycles. The summed E-state index contributed by atoms with van der Waals surface area (Å²) >= 11 is 1.87. The van der Waals surface area contributed by atoms with Crippen LogP contribution in [0.25, 0.3) is 130 Å². The van der Waals surface area contributed by atoms with E-state index in [1.165, 1.54) is 102 Å². The molecule has 2 heterocycles. The second-order valence-corrected chi connectivity index (χ2v) is 16.9. The van der Waals surface area contributed by atoms with Crippen LogP contribution in [-0.2, 0) is 0 Å². The van der Waals surface area contributed by atoms with Gasteiger partial charge in [-0.2, -0.15) is 0 Å². The molecule has 2 heteroatoms. The van der Waals surface area contributed by atoms with Gasteiger partial charge in [0.15, 0.2) is 0 Å². The average molecular weight is 779 g/mol. The Morgan fingerprint density at radius 1 is 0.267 bits per heavy atom. The monoisotopic (exact) mass is 778 g/mol. The molecule has 0 amide bonds. The molecule has 0 aliphatic heterocycles. The highest BCUT2D eigenvalue weighted by Gasteiger charge is 2.22. The molecule has 60 heavy (non-hydrogen) atoms. The number of furan rings is 1. The molecule has 13 aromatic rings. The summed E-state index contributed by atoms with van der Waals surface area (Å²) in [6.07, 6.45) is 0. The molecule has 0 bridgehead atoms. The number of para-hydroxylation sites is 1. The van der Waals surface area contributed by atoms with Crippen molar-refractivity contribution >= 4 is 96.5 Å². The Bertz CT molecular complexity index is 3770. The van der Waals surface area contributed by atoms with Crippen LogP contribution in [-0.4, -0.2) is 0 Å². The fourth-order valence-electron chi connectivity index (χ4n) is 10.1. The van der Waals surface area contributed by atoms with Crippen molar-refractivity contribution in [3.05, 3.63) is 206 Å². The van der Waals surface area contributed by atoms with E-state index in [1.54, 1.807) is 0 Å². The van der Waals surface area contributed by atoms with Gasteiger partial charge >= 0.3 is 0 Å². The van der Waals surface area contributed by atoms with Crippen LogP contribution in [0.5, 0.6) is 0 Å². The highest BCUT2D eigenvalue weighted by molar-refractivity contribution is 7.25. The molecule has 278 valence electrons. The number of hydrogen-bond acceptors (Lipinski definition) is 2. The van der Waals surface area contributed by atoms with Crippen LogP contribution in [0.2, 0.25) is 0 Å². The fourth-order valence-corrected chi connectivity index (χ4v) is 11.2. The van der Waals surface area contributed by atoms with Crippen LogP contribution in [0.4, 0.5) is 0 Å². The Hall–Kier alpha value is -7.52. The van der Waals surface area contributed by atoms with Crippen molar-refractivity contribution in [3.8, 4) is 44.5 Å². The molecule has 0 radical (unpaired) electrons. The summed E-state index contributed by atoms with van der Waals surface area (Å²) < 4.78 is 9.60. The third-order valence-corrected chi connectivity index (χ3v) is 13.8. The second kappa shape index (κ2) is 13.0. The van der Waals surface area contributed by atoms with Crippen molar-refractivity contribution in [3.63, 3.8) is 0 Å². The zero-order valence-corrected chi connectivity index (χ0v) is 33.3. The van der Waals surface area contributed by atoms with Gasteiger partial charge in [-0.3, -0.25) is 0 Å². The zero-order valence-electron chi connectivity index (χ0n) is 32.4. The van der Waals surface area contributed by atoms with Crippen LogP contribution in [0.1, 0.15) is 0 Å². The van der Waals surface area contributed by atoms with E-state index in [1.807, 2.05) is 11.3 Å². The number of hydrogen-bond donors (Lipinski definition) is 0. The molecule has 0 spiro atoms. The largest absolute Gasteiger partial charge is 0.455 e. The van der Waals surface area contributed by atoms with E-state index >= 15 is 0 Å². The van der Waals surface area contributed by atoms with Gasteiger partial charge in [0.2, 0.25) is 0 Å². The number of fused-ring (bicyclic) bond motifs is 10. The standard InChI is InChI=1S/C58H34OS/c1-2-15-35(16-3-1)54-43-22-8-10-24-45(43)57(46-25-11-9-23-44(46)54)48-27-14-26-47-49-33-36(29-31-51(49)59-58(47)48)55-39-18-4-6-20-41(39)56(42-21-7-5-19-40(42)55)37-30-32-53-50(34-37)38-17-12-13-28-52(38)60-53/h1-34H. The van der Waals surface area contributed by atoms with Crippen molar-refractivity contribution < 1.29 is 4.42 Å². The minimum absolute atomic E-state index is 0.886. The molecule has 11 aromatic carbocycles. The van der Waals surface area contributed by atoms with Gasteiger partial charge in [0.05, 0.1) is 0 Å². The lowest BCUT2D eigenvalue weighted by Gasteiger charge is -2.18. The molecule has 0 N–H and O–H groups in total. The van der Waals surface area contributed by atoms with Gasteiger partial charge in [0, 0.05) is 42.1 Å². The Morgan fingerprint density at radius 3 is 1.28 bits per heavy atom. The van der Waals surface area contributed by atoms with Gasteiger partial charge in [0.25, 0.3) is 0 Å². The summed E-state index contributed by atoms with van der Waals surface area (Å²) in [5.41, 5.74) is 11.5. The van der Waals surface area contributed by atoms with Crippen molar-refractivity contribution in [2.75, 3.05) is 0 Å². The Morgan fingerprint density at radius 2 is 0.700 bits per heavy atom. The first-order valence-corrected chi connectivity index (χ1v) is 21.4. The smallest absolute Gasteiger partial charge is 0.143 e. The topological polar surface area (TPSA) is 13.1 Å². The molecule has 0 fully saturated rings. The molecular weight excluding hydrogens is 745 g/mol. The highest BCUT2D eigenvalue weighted by Crippen LogP contribution is 2.49. The van der Waals surface area contributed by atoms with Gasteiger partial charge in [0.1, 0.15) is 11.2 Å². The minimum atomic E-state index is 0.886. The number of rotatable bonds is 4. The maximum atomic E-state index is 6.95. The third-order valence-electron chi connectivity index (χ3n) is 12.6. The zero-order chi connectivity index (χ0) is 39.3. The van der Waals surface area contributed by atoms with Crippen molar-refractivity contribution in [1.29, 1.82) is 0 Å². The van der Waals surface area contributed by atoms with E-state index in [0.717, 1.165) is 27.5 Å². The first-order chi connectivity index (χ1) is 29.8. The maximum absolute atomic E-state index is 6.95. The van der Waals surface area contributed by atoms with Crippen LogP contribution < -0.4 is 0 Å². The Balaban J connectivity index is 1.04. The van der Waals surface area contributed by atoms with E-state index in [4.69, 9.17) is 4.42 Å². The van der Waals surface area contributed by atoms with Gasteiger partial charge in [-0.1, -0.05) is 176 Å². The van der Waals surface area contributed by atoms with Gasteiger partial charge in [-0.05, 0) is 107 Å². The molecule has 0 aliphatic carbocycles. The van der Waals surface area contributed by atoms with Crippen molar-refractivity contribution in [2.45, 2.75) is 0 Å². The molecule has 0 saturated heterocycles. The van der Waals surface area contributed by atoms with E-state index in [9.17, 15) is 0 Å². The average Bonchev–Trinajstić information content (AvgIpc) is 3.88. The summed E-state index contributed by atoms with van der Waals surface area (Å²) in [6, 6.07) is 75.6. The summed E-state index contributed by atoms with van der Waals surface area (Å²) in [7, 11) is 0. The van der Waals surface area contributed by atoms with Crippen LogP contribution >= 0.6 is 11.3 Å². The summed E-state index contributed by atoms with van der Waals surface area (Å²) in [6.45, 7) is 0. The van der Waals surface area contributed by atoms with E-state index in [-0.39, 0.29) is 0 Å². The molecule has 0 unspecified atom stereocenters. The second-order valence-electron chi connectivity index (χ2n) is 15.9.